The number of isocyanates is 1. The molecule has 1 unspecified atom stereocenters. The number of aliphatic carboxylic acids is 1. The Morgan fingerprint density at radius 3 is 2.97 bits per heavy atom. The second-order valence-electron chi connectivity index (χ2n) is 8.77. The van der Waals surface area contributed by atoms with Crippen LogP contribution in [0.4, 0.5) is 16.3 Å². The van der Waals surface area contributed by atoms with Gasteiger partial charge < -0.3 is 20.6 Å². The average molecular weight is 464 g/mol. The summed E-state index contributed by atoms with van der Waals surface area (Å²) in [6.07, 6.45) is 5.79. The molecule has 0 saturated heterocycles. The number of carbonyl (C=O) groups excluding carboxylic acids is 2. The number of hydrogen-bond acceptors (Lipinski definition) is 6. The minimum atomic E-state index is -0.880. The predicted octanol–water partition coefficient (Wildman–Crippen LogP) is 3.51. The SMILES string of the molecule is O=C=Nc1ccc2c(c1)CN(C(=O)NCCCc1ccc3c(n1)NCCC3)CCC2CC(=O)O. The van der Waals surface area contributed by atoms with Crippen molar-refractivity contribution in [2.24, 2.45) is 4.99 Å². The van der Waals surface area contributed by atoms with E-state index in [1.807, 2.05) is 0 Å². The highest BCUT2D eigenvalue weighted by Gasteiger charge is 2.26. The van der Waals surface area contributed by atoms with Crippen molar-refractivity contribution >= 4 is 29.6 Å². The van der Waals surface area contributed by atoms with Crippen LogP contribution in [0.5, 0.6) is 0 Å². The van der Waals surface area contributed by atoms with Gasteiger partial charge in [0.15, 0.2) is 0 Å². The highest BCUT2D eigenvalue weighted by Crippen LogP contribution is 2.33. The van der Waals surface area contributed by atoms with E-state index in [4.69, 9.17) is 4.98 Å². The Balaban J connectivity index is 1.36. The Bertz CT molecular complexity index is 1110. The zero-order valence-electron chi connectivity index (χ0n) is 19.0. The summed E-state index contributed by atoms with van der Waals surface area (Å²) < 4.78 is 0. The van der Waals surface area contributed by atoms with E-state index < -0.39 is 5.97 Å². The Kier molecular flexibility index (Phi) is 7.54. The number of nitrogens with zero attached hydrogens (tertiary/aromatic N) is 3. The van der Waals surface area contributed by atoms with Crippen molar-refractivity contribution in [3.63, 3.8) is 0 Å². The summed E-state index contributed by atoms with van der Waals surface area (Å²) in [5.74, 6) is -0.108. The number of carbonyl (C=O) groups is 2. The number of amides is 2. The van der Waals surface area contributed by atoms with E-state index in [0.717, 1.165) is 54.9 Å². The summed E-state index contributed by atoms with van der Waals surface area (Å²) in [5, 5.41) is 15.7. The van der Waals surface area contributed by atoms with Crippen LogP contribution in [0.1, 0.15) is 54.0 Å². The predicted molar refractivity (Wildman–Crippen MR) is 127 cm³/mol. The largest absolute Gasteiger partial charge is 0.481 e. The van der Waals surface area contributed by atoms with Crippen LogP contribution < -0.4 is 10.6 Å². The van der Waals surface area contributed by atoms with Crippen LogP contribution >= 0.6 is 0 Å². The number of aromatic nitrogens is 1. The fraction of sp³-hybridized carbons (Fsp3) is 0.440. The van der Waals surface area contributed by atoms with Gasteiger partial charge in [-0.25, -0.2) is 14.6 Å². The van der Waals surface area contributed by atoms with Crippen LogP contribution in [0.15, 0.2) is 35.3 Å². The van der Waals surface area contributed by atoms with E-state index in [0.29, 0.717) is 31.7 Å². The first-order valence-corrected chi connectivity index (χ1v) is 11.7. The number of urea groups is 1. The molecule has 2 aliphatic heterocycles. The highest BCUT2D eigenvalue weighted by atomic mass is 16.4. The van der Waals surface area contributed by atoms with Crippen molar-refractivity contribution in [1.29, 1.82) is 0 Å². The van der Waals surface area contributed by atoms with Crippen molar-refractivity contribution in [2.45, 2.75) is 51.0 Å². The number of carboxylic acids is 1. The Labute approximate surface area is 198 Å². The van der Waals surface area contributed by atoms with Gasteiger partial charge in [0.2, 0.25) is 6.08 Å². The van der Waals surface area contributed by atoms with Crippen LogP contribution in [0, 0.1) is 0 Å². The van der Waals surface area contributed by atoms with Gasteiger partial charge in [0.1, 0.15) is 5.82 Å². The molecular formula is C25H29N5O4. The zero-order chi connectivity index (χ0) is 23.9. The van der Waals surface area contributed by atoms with Gasteiger partial charge in [0, 0.05) is 31.9 Å². The van der Waals surface area contributed by atoms with Gasteiger partial charge >= 0.3 is 12.0 Å². The lowest BCUT2D eigenvalue weighted by Crippen LogP contribution is -2.40. The Hall–Kier alpha value is -3.71. The number of hydrogen-bond donors (Lipinski definition) is 3. The molecular weight excluding hydrogens is 434 g/mol. The van der Waals surface area contributed by atoms with Crippen molar-refractivity contribution in [3.05, 3.63) is 52.7 Å². The van der Waals surface area contributed by atoms with E-state index in [1.165, 1.54) is 11.6 Å². The third-order valence-electron chi connectivity index (χ3n) is 6.40. The van der Waals surface area contributed by atoms with Gasteiger partial charge in [0.25, 0.3) is 0 Å². The molecule has 2 aromatic rings. The number of aryl methyl sites for hydroxylation is 2. The van der Waals surface area contributed by atoms with Gasteiger partial charge in [-0.15, -0.1) is 0 Å². The molecule has 0 bridgehead atoms. The Morgan fingerprint density at radius 1 is 1.26 bits per heavy atom. The maximum Gasteiger partial charge on any atom is 0.317 e. The first kappa shape index (κ1) is 23.4. The maximum atomic E-state index is 12.9. The number of nitrogens with one attached hydrogen (secondary N) is 2. The lowest BCUT2D eigenvalue weighted by molar-refractivity contribution is -0.137. The molecule has 2 aliphatic rings. The number of aliphatic imine (C=N–C) groups is 1. The number of carboxylic acid groups (broad SMARTS) is 1. The zero-order valence-corrected chi connectivity index (χ0v) is 19.0. The molecule has 0 fully saturated rings. The van der Waals surface area contributed by atoms with E-state index in [-0.39, 0.29) is 18.4 Å². The molecule has 1 atom stereocenters. The quantitative estimate of drug-likeness (QED) is 0.328. The molecule has 0 radical (unpaired) electrons. The summed E-state index contributed by atoms with van der Waals surface area (Å²) in [4.78, 5) is 45.0. The Morgan fingerprint density at radius 2 is 2.15 bits per heavy atom. The highest BCUT2D eigenvalue weighted by molar-refractivity contribution is 5.74. The fourth-order valence-electron chi connectivity index (χ4n) is 4.68. The lowest BCUT2D eigenvalue weighted by Gasteiger charge is -2.21. The molecule has 4 rings (SSSR count). The standard InChI is InChI=1S/C25H29N5O4/c31-16-28-21-7-8-22-18(14-23(32)33)9-12-30(15-19(22)13-21)25(34)27-11-2-4-20-6-5-17-3-1-10-26-24(17)29-20/h5-8,13,18H,1-4,9-12,14-15H2,(H,26,29)(H,27,34)(H,32,33). The van der Waals surface area contributed by atoms with E-state index >= 15 is 0 Å². The third kappa shape index (κ3) is 5.80. The normalized spacial score (nSPS) is 16.8. The van der Waals surface area contributed by atoms with Crippen molar-refractivity contribution < 1.29 is 19.5 Å². The molecule has 0 aliphatic carbocycles. The van der Waals surface area contributed by atoms with Crippen molar-refractivity contribution in [1.82, 2.24) is 15.2 Å². The van der Waals surface area contributed by atoms with Gasteiger partial charge in [-0.3, -0.25) is 4.79 Å². The lowest BCUT2D eigenvalue weighted by atomic mass is 9.90. The summed E-state index contributed by atoms with van der Waals surface area (Å²) in [6, 6.07) is 9.22. The first-order chi connectivity index (χ1) is 16.5. The molecule has 178 valence electrons. The summed E-state index contributed by atoms with van der Waals surface area (Å²) in [5.41, 5.74) is 4.40. The first-order valence-electron chi connectivity index (χ1n) is 11.7. The second-order valence-corrected chi connectivity index (χ2v) is 8.77. The summed E-state index contributed by atoms with van der Waals surface area (Å²) >= 11 is 0. The molecule has 0 saturated carbocycles. The summed E-state index contributed by atoms with van der Waals surface area (Å²) in [7, 11) is 0. The van der Waals surface area contributed by atoms with Crippen LogP contribution in [0.3, 0.4) is 0 Å². The molecule has 2 amide bonds. The van der Waals surface area contributed by atoms with Gasteiger partial charge in [0.05, 0.1) is 12.1 Å². The third-order valence-corrected chi connectivity index (χ3v) is 6.40. The van der Waals surface area contributed by atoms with E-state index in [9.17, 15) is 19.5 Å². The van der Waals surface area contributed by atoms with Crippen LogP contribution in [-0.2, 0) is 29.0 Å². The number of pyridine rings is 1. The minimum absolute atomic E-state index is 0.0125. The molecule has 9 nitrogen and oxygen atoms in total. The average Bonchev–Trinajstić information content (AvgIpc) is 3.00. The smallest absolute Gasteiger partial charge is 0.317 e. The maximum absolute atomic E-state index is 12.9. The summed E-state index contributed by atoms with van der Waals surface area (Å²) in [6.45, 7) is 2.25. The molecule has 1 aromatic carbocycles. The molecule has 1 aromatic heterocycles. The molecule has 0 spiro atoms. The molecule has 3 N–H and O–H groups in total. The topological polar surface area (TPSA) is 124 Å². The van der Waals surface area contributed by atoms with E-state index in [2.05, 4.69) is 27.8 Å². The van der Waals surface area contributed by atoms with Gasteiger partial charge in [-0.05, 0) is 72.9 Å². The van der Waals surface area contributed by atoms with Crippen LogP contribution in [-0.4, -0.2) is 52.7 Å². The monoisotopic (exact) mass is 463 g/mol. The number of fused-ring (bicyclic) bond motifs is 2. The molecule has 9 heteroatoms. The van der Waals surface area contributed by atoms with Crippen molar-refractivity contribution in [3.8, 4) is 0 Å². The van der Waals surface area contributed by atoms with Gasteiger partial charge in [-0.1, -0.05) is 12.1 Å². The minimum Gasteiger partial charge on any atom is -0.481 e. The van der Waals surface area contributed by atoms with Crippen LogP contribution in [0.25, 0.3) is 0 Å². The number of rotatable bonds is 7. The van der Waals surface area contributed by atoms with Crippen LogP contribution in [0.2, 0.25) is 0 Å². The van der Waals surface area contributed by atoms with Gasteiger partial charge in [-0.2, -0.15) is 4.99 Å². The molecule has 34 heavy (non-hydrogen) atoms. The molecule has 3 heterocycles. The number of benzene rings is 1. The second kappa shape index (κ2) is 10.9. The number of anilines is 1. The van der Waals surface area contributed by atoms with Crippen molar-refractivity contribution in [2.75, 3.05) is 25.0 Å². The van der Waals surface area contributed by atoms with E-state index in [1.54, 1.807) is 23.1 Å². The fourth-order valence-corrected chi connectivity index (χ4v) is 4.68.